The van der Waals surface area contributed by atoms with Gasteiger partial charge in [0.05, 0.1) is 25.0 Å². The molecule has 1 aliphatic rings. The van der Waals surface area contributed by atoms with Crippen molar-refractivity contribution in [3.05, 3.63) is 36.5 Å². The second-order valence-corrected chi connectivity index (χ2v) is 5.61. The Morgan fingerprint density at radius 3 is 2.95 bits per heavy atom. The molecule has 7 heteroatoms. The molecule has 1 saturated heterocycles. The number of rotatable bonds is 4. The molecule has 0 unspecified atom stereocenters. The van der Waals surface area contributed by atoms with Crippen molar-refractivity contribution in [2.24, 2.45) is 7.05 Å². The highest BCUT2D eigenvalue weighted by atomic mass is 16.2. The highest BCUT2D eigenvalue weighted by Gasteiger charge is 2.31. The Morgan fingerprint density at radius 2 is 2.27 bits per heavy atom. The van der Waals surface area contributed by atoms with Crippen LogP contribution in [-0.2, 0) is 11.8 Å². The molecule has 1 fully saturated rings. The standard InChI is InChI=1S/C15H20N6O/c1-19(14-9-16-5-6-17-14)11-15(22)21-7-3-4-13(21)12-8-18-20(2)10-12/h5-6,8-10,13H,3-4,7,11H2,1-2H3/t13-/m0/s1. The molecule has 0 saturated carbocycles. The van der Waals surface area contributed by atoms with Crippen molar-refractivity contribution in [1.82, 2.24) is 24.6 Å². The largest absolute Gasteiger partial charge is 0.349 e. The summed E-state index contributed by atoms with van der Waals surface area (Å²) in [4.78, 5) is 24.7. The molecule has 0 aromatic carbocycles. The number of carbonyl (C=O) groups is 1. The van der Waals surface area contributed by atoms with Gasteiger partial charge in [-0.1, -0.05) is 0 Å². The predicted molar refractivity (Wildman–Crippen MR) is 82.2 cm³/mol. The number of carbonyl (C=O) groups excluding carboxylic acids is 1. The number of likely N-dealkylation sites (N-methyl/N-ethyl adjacent to an activating group) is 1. The van der Waals surface area contributed by atoms with E-state index in [4.69, 9.17) is 0 Å². The first kappa shape index (κ1) is 14.5. The van der Waals surface area contributed by atoms with Gasteiger partial charge in [-0.3, -0.25) is 14.5 Å². The maximum absolute atomic E-state index is 12.6. The van der Waals surface area contributed by atoms with E-state index < -0.39 is 0 Å². The quantitative estimate of drug-likeness (QED) is 0.843. The minimum atomic E-state index is 0.111. The molecule has 1 aliphatic heterocycles. The van der Waals surface area contributed by atoms with Crippen molar-refractivity contribution in [1.29, 1.82) is 0 Å². The van der Waals surface area contributed by atoms with Crippen LogP contribution in [0.4, 0.5) is 5.82 Å². The molecular weight excluding hydrogens is 280 g/mol. The summed E-state index contributed by atoms with van der Waals surface area (Å²) in [6.07, 6.45) is 10.8. The Kier molecular flexibility index (Phi) is 4.04. The third-order valence-electron chi connectivity index (χ3n) is 4.00. The van der Waals surface area contributed by atoms with Gasteiger partial charge in [0, 0.05) is 44.8 Å². The summed E-state index contributed by atoms with van der Waals surface area (Å²) in [7, 11) is 3.75. The van der Waals surface area contributed by atoms with Crippen molar-refractivity contribution >= 4 is 11.7 Å². The predicted octanol–water partition coefficient (Wildman–Crippen LogP) is 1.01. The number of likely N-dealkylation sites (tertiary alicyclic amines) is 1. The van der Waals surface area contributed by atoms with Crippen LogP contribution in [0.25, 0.3) is 0 Å². The summed E-state index contributed by atoms with van der Waals surface area (Å²) >= 11 is 0. The van der Waals surface area contributed by atoms with Crippen LogP contribution in [0.2, 0.25) is 0 Å². The molecule has 7 nitrogen and oxygen atoms in total. The van der Waals surface area contributed by atoms with Crippen LogP contribution >= 0.6 is 0 Å². The molecule has 116 valence electrons. The Balaban J connectivity index is 1.69. The van der Waals surface area contributed by atoms with Gasteiger partial charge in [0.15, 0.2) is 0 Å². The number of aryl methyl sites for hydroxylation is 1. The lowest BCUT2D eigenvalue weighted by Gasteiger charge is -2.26. The lowest BCUT2D eigenvalue weighted by atomic mass is 10.1. The Morgan fingerprint density at radius 1 is 1.41 bits per heavy atom. The third-order valence-corrected chi connectivity index (χ3v) is 4.00. The topological polar surface area (TPSA) is 67.2 Å². The molecule has 2 aromatic rings. The summed E-state index contributed by atoms with van der Waals surface area (Å²) in [6, 6.07) is 0.136. The van der Waals surface area contributed by atoms with E-state index in [1.54, 1.807) is 23.3 Å². The fraction of sp³-hybridized carbons (Fsp3) is 0.467. The van der Waals surface area contributed by atoms with Gasteiger partial charge in [0.2, 0.25) is 5.91 Å². The first-order chi connectivity index (χ1) is 10.6. The van der Waals surface area contributed by atoms with Gasteiger partial charge < -0.3 is 9.80 Å². The number of amides is 1. The van der Waals surface area contributed by atoms with E-state index >= 15 is 0 Å². The van der Waals surface area contributed by atoms with Crippen molar-refractivity contribution in [3.8, 4) is 0 Å². The zero-order chi connectivity index (χ0) is 15.5. The molecular formula is C15H20N6O. The number of hydrogen-bond acceptors (Lipinski definition) is 5. The number of nitrogens with zero attached hydrogens (tertiary/aromatic N) is 6. The average Bonchev–Trinajstić information content (AvgIpc) is 3.16. The van der Waals surface area contributed by atoms with Crippen LogP contribution in [0, 0.1) is 0 Å². The van der Waals surface area contributed by atoms with Crippen molar-refractivity contribution < 1.29 is 4.79 Å². The number of hydrogen-bond donors (Lipinski definition) is 0. The van der Waals surface area contributed by atoms with E-state index in [1.807, 2.05) is 36.3 Å². The molecule has 2 aromatic heterocycles. The first-order valence-corrected chi connectivity index (χ1v) is 7.40. The maximum Gasteiger partial charge on any atom is 0.242 e. The minimum absolute atomic E-state index is 0.111. The van der Waals surface area contributed by atoms with Crippen molar-refractivity contribution in [2.75, 3.05) is 25.0 Å². The molecule has 1 amide bonds. The van der Waals surface area contributed by atoms with E-state index in [2.05, 4.69) is 15.1 Å². The van der Waals surface area contributed by atoms with Crippen LogP contribution < -0.4 is 4.90 Å². The van der Waals surface area contributed by atoms with Crippen molar-refractivity contribution in [3.63, 3.8) is 0 Å². The molecule has 1 atom stereocenters. The lowest BCUT2D eigenvalue weighted by molar-refractivity contribution is -0.130. The smallest absolute Gasteiger partial charge is 0.242 e. The van der Waals surface area contributed by atoms with Crippen LogP contribution in [0.5, 0.6) is 0 Å². The van der Waals surface area contributed by atoms with E-state index in [0.717, 1.165) is 24.9 Å². The van der Waals surface area contributed by atoms with Gasteiger partial charge in [0.25, 0.3) is 0 Å². The summed E-state index contributed by atoms with van der Waals surface area (Å²) in [6.45, 7) is 1.10. The van der Waals surface area contributed by atoms with Gasteiger partial charge in [-0.15, -0.1) is 0 Å². The second kappa shape index (κ2) is 6.13. The summed E-state index contributed by atoms with van der Waals surface area (Å²) < 4.78 is 1.78. The van der Waals surface area contributed by atoms with Gasteiger partial charge in [-0.2, -0.15) is 5.10 Å². The Labute approximate surface area is 129 Å². The fourth-order valence-electron chi connectivity index (χ4n) is 2.89. The van der Waals surface area contributed by atoms with Gasteiger partial charge in [-0.05, 0) is 12.8 Å². The van der Waals surface area contributed by atoms with E-state index in [9.17, 15) is 4.79 Å². The Hall–Kier alpha value is -2.44. The fourth-order valence-corrected chi connectivity index (χ4v) is 2.89. The molecule has 0 spiro atoms. The zero-order valence-electron chi connectivity index (χ0n) is 12.9. The maximum atomic E-state index is 12.6. The van der Waals surface area contributed by atoms with E-state index in [1.165, 1.54) is 0 Å². The summed E-state index contributed by atoms with van der Waals surface area (Å²) in [5.41, 5.74) is 1.11. The molecule has 0 radical (unpaired) electrons. The zero-order valence-corrected chi connectivity index (χ0v) is 12.9. The van der Waals surface area contributed by atoms with Crippen molar-refractivity contribution in [2.45, 2.75) is 18.9 Å². The number of aromatic nitrogens is 4. The first-order valence-electron chi connectivity index (χ1n) is 7.40. The molecule has 3 heterocycles. The summed E-state index contributed by atoms with van der Waals surface area (Å²) in [5, 5.41) is 4.21. The normalized spacial score (nSPS) is 17.7. The molecule has 0 N–H and O–H groups in total. The average molecular weight is 300 g/mol. The van der Waals surface area contributed by atoms with Gasteiger partial charge in [-0.25, -0.2) is 4.98 Å². The van der Waals surface area contributed by atoms with Gasteiger partial charge >= 0.3 is 0 Å². The van der Waals surface area contributed by atoms with Crippen LogP contribution in [0.3, 0.4) is 0 Å². The third kappa shape index (κ3) is 2.93. The minimum Gasteiger partial charge on any atom is -0.349 e. The van der Waals surface area contributed by atoms with E-state index in [-0.39, 0.29) is 11.9 Å². The van der Waals surface area contributed by atoms with E-state index in [0.29, 0.717) is 12.4 Å². The van der Waals surface area contributed by atoms with Crippen LogP contribution in [-0.4, -0.2) is 50.7 Å². The molecule has 0 bridgehead atoms. The molecule has 3 rings (SSSR count). The molecule has 22 heavy (non-hydrogen) atoms. The van der Waals surface area contributed by atoms with Crippen LogP contribution in [0.15, 0.2) is 31.0 Å². The lowest BCUT2D eigenvalue weighted by Crippen LogP contribution is -2.38. The highest BCUT2D eigenvalue weighted by molar-refractivity contribution is 5.81. The van der Waals surface area contributed by atoms with Crippen LogP contribution in [0.1, 0.15) is 24.4 Å². The Bertz CT molecular complexity index is 640. The highest BCUT2D eigenvalue weighted by Crippen LogP contribution is 2.31. The summed E-state index contributed by atoms with van der Waals surface area (Å²) in [5.74, 6) is 0.812. The van der Waals surface area contributed by atoms with Gasteiger partial charge in [0.1, 0.15) is 5.82 Å². The molecule has 0 aliphatic carbocycles. The number of anilines is 1. The monoisotopic (exact) mass is 300 g/mol. The second-order valence-electron chi connectivity index (χ2n) is 5.61. The SMILES string of the molecule is CN(CC(=O)N1CCC[C@H]1c1cnn(C)c1)c1cnccn1.